The van der Waals surface area contributed by atoms with Crippen molar-refractivity contribution in [3.05, 3.63) is 35.4 Å². The van der Waals surface area contributed by atoms with Crippen molar-refractivity contribution in [2.45, 2.75) is 36.7 Å². The van der Waals surface area contributed by atoms with Crippen molar-refractivity contribution in [1.29, 1.82) is 0 Å². The average molecular weight is 490 g/mol. The molecule has 2 aliphatic rings. The molecule has 1 aromatic carbocycles. The molecule has 1 aromatic rings. The van der Waals surface area contributed by atoms with E-state index in [9.17, 15) is 34.6 Å². The molecule has 35 heavy (non-hydrogen) atoms. The van der Waals surface area contributed by atoms with Crippen LogP contribution in [0, 0.1) is 0 Å². The van der Waals surface area contributed by atoms with Crippen molar-refractivity contribution in [2.75, 3.05) is 33.2 Å². The van der Waals surface area contributed by atoms with Gasteiger partial charge in [-0.05, 0) is 30.9 Å². The Morgan fingerprint density at radius 3 is 2.51 bits per heavy atom. The Morgan fingerprint density at radius 2 is 1.97 bits per heavy atom. The maximum atomic E-state index is 12.3. The number of benzene rings is 1. The molecule has 0 bridgehead atoms. The minimum atomic E-state index is -1.66. The van der Waals surface area contributed by atoms with Gasteiger partial charge in [0.05, 0.1) is 6.54 Å². The Labute approximate surface area is 202 Å². The number of aromatic hydroxyl groups is 1. The first kappa shape index (κ1) is 26.5. The molecule has 0 radical (unpaired) electrons. The molecule has 12 nitrogen and oxygen atoms in total. The minimum Gasteiger partial charge on any atom is -0.507 e. The quantitative estimate of drug-likeness (QED) is 0.152. The number of rotatable bonds is 10. The molecule has 2 amide bonds. The number of nitrogens with one attached hydrogen (secondary N) is 2. The van der Waals surface area contributed by atoms with Crippen LogP contribution >= 0.6 is 0 Å². The number of carboxylic acid groups (broad SMARTS) is 1. The van der Waals surface area contributed by atoms with Crippen LogP contribution in [0.4, 0.5) is 0 Å². The first-order valence-electron chi connectivity index (χ1n) is 11.2. The fourth-order valence-corrected chi connectivity index (χ4v) is 4.48. The highest BCUT2D eigenvalue weighted by Gasteiger charge is 2.45. The molecule has 1 aliphatic carbocycles. The predicted octanol–water partition coefficient (Wildman–Crippen LogP) is -1.38. The van der Waals surface area contributed by atoms with E-state index in [1.54, 1.807) is 6.92 Å². The topological polar surface area (TPSA) is 195 Å². The van der Waals surface area contributed by atoms with Crippen LogP contribution in [0.2, 0.25) is 5.82 Å². The Balaban J connectivity index is 1.62. The molecular formula is C22H31BN4O8. The molecule has 8 N–H and O–H groups in total. The lowest BCUT2D eigenvalue weighted by molar-refractivity contribution is -0.130. The van der Waals surface area contributed by atoms with Gasteiger partial charge in [-0.15, -0.1) is 6.58 Å². The van der Waals surface area contributed by atoms with Gasteiger partial charge in [0.15, 0.2) is 0 Å². The molecule has 0 aromatic heterocycles. The molecule has 1 saturated heterocycles. The van der Waals surface area contributed by atoms with Crippen molar-refractivity contribution in [3.63, 3.8) is 0 Å². The van der Waals surface area contributed by atoms with E-state index in [1.165, 1.54) is 19.2 Å². The Bertz CT molecular complexity index is 1020. The van der Waals surface area contributed by atoms with Crippen LogP contribution in [0.15, 0.2) is 24.3 Å². The van der Waals surface area contributed by atoms with Gasteiger partial charge in [-0.25, -0.2) is 4.79 Å². The summed E-state index contributed by atoms with van der Waals surface area (Å²) in [5, 5.41) is 44.4. The van der Waals surface area contributed by atoms with Gasteiger partial charge < -0.3 is 41.4 Å². The third kappa shape index (κ3) is 5.59. The summed E-state index contributed by atoms with van der Waals surface area (Å²) < 4.78 is 5.81. The van der Waals surface area contributed by atoms with E-state index in [1.807, 2.05) is 4.90 Å². The number of nitrogens with zero attached hydrogens (tertiary/aromatic N) is 1. The van der Waals surface area contributed by atoms with Gasteiger partial charge >= 0.3 is 13.1 Å². The van der Waals surface area contributed by atoms with Gasteiger partial charge in [-0.3, -0.25) is 14.5 Å². The Morgan fingerprint density at radius 1 is 1.31 bits per heavy atom. The third-order valence-corrected chi connectivity index (χ3v) is 6.47. The molecule has 3 atom stereocenters. The largest absolute Gasteiger partial charge is 0.507 e. The monoisotopic (exact) mass is 490 g/mol. The zero-order valence-corrected chi connectivity index (χ0v) is 19.7. The second kappa shape index (κ2) is 10.2. The van der Waals surface area contributed by atoms with Gasteiger partial charge in [0.1, 0.15) is 28.7 Å². The Kier molecular flexibility index (Phi) is 7.75. The molecule has 13 heteroatoms. The molecule has 1 unspecified atom stereocenters. The van der Waals surface area contributed by atoms with Gasteiger partial charge in [0, 0.05) is 32.5 Å². The van der Waals surface area contributed by atoms with E-state index in [2.05, 4.69) is 17.2 Å². The van der Waals surface area contributed by atoms with Crippen LogP contribution in [0.3, 0.4) is 0 Å². The standard InChI is InChI=1S/C22H31BN4O8/c1-11-6-14(18(11)23(33)34)13-4-5-15(17(19(13)29)20(30)31)35-12-8-27(9-12)10-22(2,24)21(32)26-7-16(28)25-3/h4-5,12,14,18,29,33-34H,1,6-10,24H2,2-3H3,(H,25,28)(H,26,32)(H,30,31)/t14-,18-,22?/m1/s1. The average Bonchev–Trinajstić information content (AvgIpc) is 2.73. The number of likely N-dealkylation sites (tertiary alicyclic amines) is 1. The van der Waals surface area contributed by atoms with E-state index >= 15 is 0 Å². The summed E-state index contributed by atoms with van der Waals surface area (Å²) in [4.78, 5) is 37.3. The smallest absolute Gasteiger partial charge is 0.459 e. The number of aromatic carboxylic acids is 1. The molecular weight excluding hydrogens is 459 g/mol. The lowest BCUT2D eigenvalue weighted by Crippen LogP contribution is -2.64. The fourth-order valence-electron chi connectivity index (χ4n) is 4.48. The first-order chi connectivity index (χ1) is 16.4. The van der Waals surface area contributed by atoms with Crippen molar-refractivity contribution >= 4 is 24.9 Å². The highest BCUT2D eigenvalue weighted by molar-refractivity contribution is 6.45. The number of allylic oxidation sites excluding steroid dienone is 1. The molecule has 1 aliphatic heterocycles. The summed E-state index contributed by atoms with van der Waals surface area (Å²) in [6.45, 7) is 6.07. The SMILES string of the molecule is C=C1C[C@H](c2ccc(OC3CN(CC(C)(N)C(=O)NCC(=O)NC)C3)c(C(=O)O)c2O)[C@@H]1B(O)O. The number of ether oxygens (including phenoxy) is 1. The van der Waals surface area contributed by atoms with Gasteiger partial charge in [-0.2, -0.15) is 0 Å². The van der Waals surface area contributed by atoms with E-state index in [0.29, 0.717) is 25.1 Å². The van der Waals surface area contributed by atoms with Crippen molar-refractivity contribution in [3.8, 4) is 11.5 Å². The summed E-state index contributed by atoms with van der Waals surface area (Å²) in [5.41, 5.74) is 5.35. The van der Waals surface area contributed by atoms with Crippen LogP contribution in [-0.4, -0.2) is 94.9 Å². The number of amides is 2. The number of likely N-dealkylation sites (N-methyl/N-ethyl adjacent to an activating group) is 1. The Hall–Kier alpha value is -3.13. The van der Waals surface area contributed by atoms with Crippen LogP contribution in [0.25, 0.3) is 0 Å². The molecule has 2 fully saturated rings. The maximum Gasteiger partial charge on any atom is 0.459 e. The number of hydrogen-bond donors (Lipinski definition) is 7. The summed E-state index contributed by atoms with van der Waals surface area (Å²) in [7, 11) is -0.204. The van der Waals surface area contributed by atoms with Gasteiger partial charge in [0.25, 0.3) is 0 Å². The maximum absolute atomic E-state index is 12.3. The van der Waals surface area contributed by atoms with Gasteiger partial charge in [0.2, 0.25) is 11.8 Å². The van der Waals surface area contributed by atoms with Crippen LogP contribution in [0.1, 0.15) is 35.2 Å². The predicted molar refractivity (Wildman–Crippen MR) is 126 cm³/mol. The second-order valence-electron chi connectivity index (χ2n) is 9.30. The van der Waals surface area contributed by atoms with Crippen molar-refractivity contribution < 1.29 is 39.4 Å². The lowest BCUT2D eigenvalue weighted by Gasteiger charge is -2.42. The van der Waals surface area contributed by atoms with E-state index in [4.69, 9.17) is 10.5 Å². The van der Waals surface area contributed by atoms with E-state index in [0.717, 1.165) is 0 Å². The summed E-state index contributed by atoms with van der Waals surface area (Å²) in [5.74, 6) is -3.85. The van der Waals surface area contributed by atoms with E-state index < -0.39 is 53.7 Å². The lowest BCUT2D eigenvalue weighted by atomic mass is 9.50. The molecule has 1 saturated carbocycles. The number of phenols is 1. The molecule has 190 valence electrons. The summed E-state index contributed by atoms with van der Waals surface area (Å²) >= 11 is 0. The van der Waals surface area contributed by atoms with Crippen LogP contribution in [-0.2, 0) is 9.59 Å². The van der Waals surface area contributed by atoms with E-state index in [-0.39, 0.29) is 30.3 Å². The number of carboxylic acids is 1. The zero-order valence-electron chi connectivity index (χ0n) is 19.7. The number of hydrogen-bond acceptors (Lipinski definition) is 9. The van der Waals surface area contributed by atoms with Crippen LogP contribution < -0.4 is 21.1 Å². The van der Waals surface area contributed by atoms with Crippen LogP contribution in [0.5, 0.6) is 11.5 Å². The first-order valence-corrected chi connectivity index (χ1v) is 11.2. The second-order valence-corrected chi connectivity index (χ2v) is 9.30. The number of carbonyl (C=O) groups excluding carboxylic acids is 2. The fraction of sp³-hybridized carbons (Fsp3) is 0.500. The zero-order chi connectivity index (χ0) is 26.1. The summed E-state index contributed by atoms with van der Waals surface area (Å²) in [6.07, 6.45) is 0.0138. The van der Waals surface area contributed by atoms with Gasteiger partial charge in [-0.1, -0.05) is 11.6 Å². The summed E-state index contributed by atoms with van der Waals surface area (Å²) in [6, 6.07) is 2.97. The highest BCUT2D eigenvalue weighted by Crippen LogP contribution is 2.54. The number of nitrogens with two attached hydrogens (primary N) is 1. The van der Waals surface area contributed by atoms with Crippen molar-refractivity contribution in [2.24, 2.45) is 5.73 Å². The minimum absolute atomic E-state index is 0.0125. The normalized spacial score (nSPS) is 21.8. The third-order valence-electron chi connectivity index (χ3n) is 6.47. The highest BCUT2D eigenvalue weighted by atomic mass is 16.5. The molecule has 0 spiro atoms. The molecule has 1 heterocycles. The number of carbonyl (C=O) groups is 3. The molecule has 3 rings (SSSR count). The van der Waals surface area contributed by atoms with Crippen molar-refractivity contribution in [1.82, 2.24) is 15.5 Å².